The van der Waals surface area contributed by atoms with Crippen molar-refractivity contribution in [3.05, 3.63) is 82.8 Å². The predicted molar refractivity (Wildman–Crippen MR) is 134 cm³/mol. The maximum Gasteiger partial charge on any atom is 0.222 e. The Morgan fingerprint density at radius 1 is 1.00 bits per heavy atom. The molecule has 2 aromatic carbocycles. The topological polar surface area (TPSA) is 59.0 Å². The minimum atomic E-state index is -0.861. The molecular weight excluding hydrogens is 490 g/mol. The number of hydrogen-bond acceptors (Lipinski definition) is 6. The van der Waals surface area contributed by atoms with Crippen LogP contribution < -0.4 is 4.90 Å². The van der Waals surface area contributed by atoms with Gasteiger partial charge in [-0.3, -0.25) is 4.79 Å². The number of Topliss-reactive ketones (excluding diaryl/α,β-unsaturated/α-hetero) is 1. The number of ketones is 1. The third-order valence-corrected chi connectivity index (χ3v) is 7.23. The second-order valence-electron chi connectivity index (χ2n) is 8.33. The van der Waals surface area contributed by atoms with E-state index in [1.807, 2.05) is 18.2 Å². The zero-order chi connectivity index (χ0) is 24.4. The Bertz CT molecular complexity index is 1370. The predicted octanol–water partition coefficient (Wildman–Crippen LogP) is 6.61. The molecule has 0 amide bonds. The number of anilines is 1. The summed E-state index contributed by atoms with van der Waals surface area (Å²) < 4.78 is 28.2. The molecule has 2 aromatic heterocycles. The van der Waals surface area contributed by atoms with Crippen molar-refractivity contribution >= 4 is 33.9 Å². The Morgan fingerprint density at radius 3 is 2.49 bits per heavy atom. The summed E-state index contributed by atoms with van der Waals surface area (Å²) in [6.45, 7) is 1.89. The first kappa shape index (κ1) is 23.5. The molecular formula is C26H21ClF2N4OS. The molecule has 0 spiro atoms. The molecule has 9 heteroatoms. The average molecular weight is 511 g/mol. The van der Waals surface area contributed by atoms with E-state index < -0.39 is 23.0 Å². The molecule has 3 heterocycles. The number of hydrogen-bond donors (Lipinski definition) is 0. The van der Waals surface area contributed by atoms with E-state index in [0.29, 0.717) is 11.3 Å². The molecule has 1 fully saturated rings. The van der Waals surface area contributed by atoms with Gasteiger partial charge in [-0.15, -0.1) is 0 Å². The molecule has 5 nitrogen and oxygen atoms in total. The maximum atomic E-state index is 14.1. The van der Waals surface area contributed by atoms with Gasteiger partial charge in [0.2, 0.25) is 5.28 Å². The normalized spacial score (nSPS) is 13.7. The summed E-state index contributed by atoms with van der Waals surface area (Å²) >= 11 is 7.61. The van der Waals surface area contributed by atoms with E-state index in [-0.39, 0.29) is 11.7 Å². The van der Waals surface area contributed by atoms with Crippen molar-refractivity contribution < 1.29 is 13.6 Å². The Morgan fingerprint density at radius 2 is 1.74 bits per heavy atom. The Hall–Kier alpha value is -3.23. The van der Waals surface area contributed by atoms with Crippen LogP contribution in [-0.4, -0.2) is 33.8 Å². The van der Waals surface area contributed by atoms with Crippen LogP contribution in [0.25, 0.3) is 21.8 Å². The molecule has 178 valence electrons. The van der Waals surface area contributed by atoms with Crippen molar-refractivity contribution in [2.24, 2.45) is 0 Å². The fourth-order valence-corrected chi connectivity index (χ4v) is 5.48. The standard InChI is InChI=1S/C26H21ClF2N4OS/c27-25-30-11-10-20(31-25)24-23(32-26(35-24)33-12-2-1-3-13-33)17-7-4-6-16(14-17)15-21(34)22-18(28)8-5-9-19(22)29/h4-11,14H,1-3,12-13,15H2. The summed E-state index contributed by atoms with van der Waals surface area (Å²) in [4.78, 5) is 29.2. The van der Waals surface area contributed by atoms with Crippen LogP contribution in [0.2, 0.25) is 5.28 Å². The van der Waals surface area contributed by atoms with Crippen LogP contribution in [0.4, 0.5) is 13.9 Å². The van der Waals surface area contributed by atoms with Gasteiger partial charge in [0, 0.05) is 31.3 Å². The van der Waals surface area contributed by atoms with E-state index in [1.54, 1.807) is 29.7 Å². The van der Waals surface area contributed by atoms with Gasteiger partial charge in [-0.1, -0.05) is 35.6 Å². The molecule has 4 aromatic rings. The van der Waals surface area contributed by atoms with Gasteiger partial charge in [0.1, 0.15) is 11.6 Å². The number of carbonyl (C=O) groups excluding carboxylic acids is 1. The summed E-state index contributed by atoms with van der Waals surface area (Å²) in [6.07, 6.45) is 4.92. The lowest BCUT2D eigenvalue weighted by Gasteiger charge is -2.25. The van der Waals surface area contributed by atoms with Crippen LogP contribution in [0.3, 0.4) is 0 Å². The Labute approximate surface area is 210 Å². The summed E-state index contributed by atoms with van der Waals surface area (Å²) in [5.41, 5.74) is 2.28. The van der Waals surface area contributed by atoms with Crippen LogP contribution in [0, 0.1) is 11.6 Å². The highest BCUT2D eigenvalue weighted by atomic mass is 35.5. The van der Waals surface area contributed by atoms with Gasteiger partial charge in [-0.2, -0.15) is 0 Å². The van der Waals surface area contributed by atoms with Gasteiger partial charge in [0.05, 0.1) is 21.8 Å². The molecule has 0 aliphatic carbocycles. The van der Waals surface area contributed by atoms with Gasteiger partial charge < -0.3 is 4.90 Å². The van der Waals surface area contributed by atoms with Crippen molar-refractivity contribution in [1.82, 2.24) is 15.0 Å². The minimum absolute atomic E-state index is 0.135. The number of nitrogens with zero attached hydrogens (tertiary/aromatic N) is 4. The monoisotopic (exact) mass is 510 g/mol. The molecule has 1 saturated heterocycles. The second-order valence-corrected chi connectivity index (χ2v) is 9.65. The first-order valence-electron chi connectivity index (χ1n) is 11.3. The molecule has 0 saturated carbocycles. The zero-order valence-corrected chi connectivity index (χ0v) is 20.3. The average Bonchev–Trinajstić information content (AvgIpc) is 3.30. The van der Waals surface area contributed by atoms with Crippen molar-refractivity contribution in [2.45, 2.75) is 25.7 Å². The van der Waals surface area contributed by atoms with Gasteiger partial charge in [0.15, 0.2) is 10.9 Å². The van der Waals surface area contributed by atoms with Crippen LogP contribution in [-0.2, 0) is 6.42 Å². The number of rotatable bonds is 6. The lowest BCUT2D eigenvalue weighted by Crippen LogP contribution is -2.29. The highest BCUT2D eigenvalue weighted by Crippen LogP contribution is 2.40. The first-order chi connectivity index (χ1) is 17.0. The van der Waals surface area contributed by atoms with Crippen molar-refractivity contribution in [2.75, 3.05) is 18.0 Å². The van der Waals surface area contributed by atoms with Gasteiger partial charge in [-0.25, -0.2) is 23.7 Å². The van der Waals surface area contributed by atoms with Gasteiger partial charge in [0.25, 0.3) is 0 Å². The van der Waals surface area contributed by atoms with E-state index in [1.165, 1.54) is 12.5 Å². The van der Waals surface area contributed by atoms with Crippen LogP contribution >= 0.6 is 22.9 Å². The molecule has 5 rings (SSSR count). The van der Waals surface area contributed by atoms with E-state index in [4.69, 9.17) is 16.6 Å². The lowest BCUT2D eigenvalue weighted by molar-refractivity contribution is 0.0985. The van der Waals surface area contributed by atoms with E-state index >= 15 is 0 Å². The molecule has 0 unspecified atom stereocenters. The number of benzene rings is 2. The quantitative estimate of drug-likeness (QED) is 0.216. The molecule has 1 aliphatic rings. The highest BCUT2D eigenvalue weighted by molar-refractivity contribution is 7.19. The minimum Gasteiger partial charge on any atom is -0.348 e. The summed E-state index contributed by atoms with van der Waals surface area (Å²) in [5.74, 6) is -2.34. The summed E-state index contributed by atoms with van der Waals surface area (Å²) in [7, 11) is 0. The van der Waals surface area contributed by atoms with Crippen molar-refractivity contribution in [1.29, 1.82) is 0 Å². The van der Waals surface area contributed by atoms with Crippen molar-refractivity contribution in [3.63, 3.8) is 0 Å². The first-order valence-corrected chi connectivity index (χ1v) is 12.5. The number of piperidine rings is 1. The number of carbonyl (C=O) groups is 1. The third-order valence-electron chi connectivity index (χ3n) is 5.91. The Kier molecular flexibility index (Phi) is 6.83. The van der Waals surface area contributed by atoms with Gasteiger partial charge in [-0.05, 0) is 60.7 Å². The maximum absolute atomic E-state index is 14.1. The zero-order valence-electron chi connectivity index (χ0n) is 18.7. The van der Waals surface area contributed by atoms with Crippen LogP contribution in [0.15, 0.2) is 54.7 Å². The van der Waals surface area contributed by atoms with Gasteiger partial charge >= 0.3 is 0 Å². The molecule has 35 heavy (non-hydrogen) atoms. The Balaban J connectivity index is 1.52. The number of aromatic nitrogens is 3. The smallest absolute Gasteiger partial charge is 0.222 e. The lowest BCUT2D eigenvalue weighted by atomic mass is 9.99. The molecule has 0 radical (unpaired) electrons. The van der Waals surface area contributed by atoms with E-state index in [2.05, 4.69) is 14.9 Å². The number of thiazole rings is 1. The van der Waals surface area contributed by atoms with E-state index in [9.17, 15) is 13.6 Å². The molecule has 0 bridgehead atoms. The van der Waals surface area contributed by atoms with Crippen molar-refractivity contribution in [3.8, 4) is 21.8 Å². The molecule has 1 aliphatic heterocycles. The fourth-order valence-electron chi connectivity index (χ4n) is 4.23. The second kappa shape index (κ2) is 10.2. The largest absolute Gasteiger partial charge is 0.348 e. The molecule has 0 N–H and O–H groups in total. The summed E-state index contributed by atoms with van der Waals surface area (Å²) in [5, 5.41) is 1.05. The van der Waals surface area contributed by atoms with Crippen LogP contribution in [0.1, 0.15) is 35.2 Å². The fraction of sp³-hybridized carbons (Fsp3) is 0.231. The number of halogens is 3. The van der Waals surface area contributed by atoms with E-state index in [0.717, 1.165) is 59.3 Å². The summed E-state index contributed by atoms with van der Waals surface area (Å²) in [6, 6.07) is 12.5. The van der Waals surface area contributed by atoms with Crippen LogP contribution in [0.5, 0.6) is 0 Å². The molecule has 0 atom stereocenters. The SMILES string of the molecule is O=C(Cc1cccc(-c2nc(N3CCCCC3)sc2-c2ccnc(Cl)n2)c1)c1c(F)cccc1F. The highest BCUT2D eigenvalue weighted by Gasteiger charge is 2.22. The third kappa shape index (κ3) is 5.09.